The van der Waals surface area contributed by atoms with E-state index in [2.05, 4.69) is 5.16 Å². The van der Waals surface area contributed by atoms with Crippen LogP contribution in [0, 0.1) is 6.92 Å². The molecule has 1 N–H and O–H groups in total. The van der Waals surface area contributed by atoms with Crippen molar-refractivity contribution < 1.29 is 19.2 Å². The van der Waals surface area contributed by atoms with E-state index in [1.54, 1.807) is 18.9 Å². The van der Waals surface area contributed by atoms with Crippen LogP contribution in [0.1, 0.15) is 48.5 Å². The van der Waals surface area contributed by atoms with Crippen LogP contribution in [0.4, 0.5) is 0 Å². The van der Waals surface area contributed by atoms with Crippen molar-refractivity contribution in [3.05, 3.63) is 17.0 Å². The van der Waals surface area contributed by atoms with E-state index in [1.165, 1.54) is 0 Å². The topological polar surface area (TPSA) is 75.8 Å². The van der Waals surface area contributed by atoms with Gasteiger partial charge in [-0.1, -0.05) is 5.16 Å². The van der Waals surface area contributed by atoms with E-state index >= 15 is 0 Å². The molecule has 2 heterocycles. The number of amides is 1. The van der Waals surface area contributed by atoms with Crippen LogP contribution in [-0.4, -0.2) is 46.4 Å². The molecule has 0 saturated carbocycles. The van der Waals surface area contributed by atoms with Gasteiger partial charge in [0.2, 0.25) is 0 Å². The highest BCUT2D eigenvalue weighted by molar-refractivity contribution is 5.93. The summed E-state index contributed by atoms with van der Waals surface area (Å²) in [6, 6.07) is 0.106. The molecular weight excluding hydrogens is 260 g/mol. The third-order valence-corrected chi connectivity index (χ3v) is 3.88. The largest absolute Gasteiger partial charge is 0.391 e. The Morgan fingerprint density at radius 3 is 2.85 bits per heavy atom. The summed E-state index contributed by atoms with van der Waals surface area (Å²) in [6.45, 7) is 6.13. The molecule has 112 valence electrons. The Morgan fingerprint density at radius 1 is 1.55 bits per heavy atom. The van der Waals surface area contributed by atoms with Gasteiger partial charge in [-0.15, -0.1) is 0 Å². The minimum absolute atomic E-state index is 0.106. The number of aliphatic hydroxyl groups excluding tert-OH is 1. The van der Waals surface area contributed by atoms with Crippen molar-refractivity contribution in [2.24, 2.45) is 0 Å². The molecular formula is C14H22N2O4. The van der Waals surface area contributed by atoms with Crippen LogP contribution in [0.25, 0.3) is 0 Å². The minimum Gasteiger partial charge on any atom is -0.391 e. The summed E-state index contributed by atoms with van der Waals surface area (Å²) in [7, 11) is 1.76. The van der Waals surface area contributed by atoms with Gasteiger partial charge in [-0.2, -0.15) is 0 Å². The molecule has 0 bridgehead atoms. The highest BCUT2D eigenvalue weighted by atomic mass is 16.5. The molecule has 0 radical (unpaired) electrons. The molecule has 1 aliphatic heterocycles. The van der Waals surface area contributed by atoms with Gasteiger partial charge in [0, 0.05) is 19.7 Å². The summed E-state index contributed by atoms with van der Waals surface area (Å²) < 4.78 is 10.7. The molecule has 6 heteroatoms. The summed E-state index contributed by atoms with van der Waals surface area (Å²) in [5, 5.41) is 13.1. The Balaban J connectivity index is 2.16. The lowest BCUT2D eigenvalue weighted by molar-refractivity contribution is -0.0756. The zero-order valence-electron chi connectivity index (χ0n) is 12.5. The Bertz CT molecular complexity index is 495. The van der Waals surface area contributed by atoms with Gasteiger partial charge >= 0.3 is 0 Å². The van der Waals surface area contributed by atoms with Gasteiger partial charge in [0.15, 0.2) is 5.69 Å². The van der Waals surface area contributed by atoms with Crippen LogP contribution in [-0.2, 0) is 11.3 Å². The number of aromatic nitrogens is 1. The van der Waals surface area contributed by atoms with Crippen molar-refractivity contribution in [2.75, 3.05) is 13.7 Å². The SMILES string of the molecule is Cc1onc(C(=O)N(C)C2CCOC(C)(C)C2)c1CO. The zero-order chi connectivity index (χ0) is 14.9. The molecule has 1 fully saturated rings. The van der Waals surface area contributed by atoms with Crippen molar-refractivity contribution in [1.29, 1.82) is 0 Å². The van der Waals surface area contributed by atoms with Gasteiger partial charge in [0.25, 0.3) is 5.91 Å². The fraction of sp³-hybridized carbons (Fsp3) is 0.714. The van der Waals surface area contributed by atoms with Crippen molar-refractivity contribution in [3.63, 3.8) is 0 Å². The molecule has 20 heavy (non-hydrogen) atoms. The van der Waals surface area contributed by atoms with Crippen LogP contribution in [0.15, 0.2) is 4.52 Å². The normalized spacial score (nSPS) is 21.8. The zero-order valence-corrected chi connectivity index (χ0v) is 12.5. The van der Waals surface area contributed by atoms with E-state index in [1.807, 2.05) is 13.8 Å². The van der Waals surface area contributed by atoms with Crippen LogP contribution in [0.5, 0.6) is 0 Å². The lowest BCUT2D eigenvalue weighted by Gasteiger charge is -2.39. The molecule has 6 nitrogen and oxygen atoms in total. The number of rotatable bonds is 3. The fourth-order valence-electron chi connectivity index (χ4n) is 2.61. The molecule has 1 aromatic heterocycles. The number of aryl methyl sites for hydroxylation is 1. The average Bonchev–Trinajstić information content (AvgIpc) is 2.76. The van der Waals surface area contributed by atoms with E-state index in [0.29, 0.717) is 17.9 Å². The number of aliphatic hydroxyl groups is 1. The predicted octanol–water partition coefficient (Wildman–Crippen LogP) is 1.50. The smallest absolute Gasteiger partial charge is 0.276 e. The maximum Gasteiger partial charge on any atom is 0.276 e. The van der Waals surface area contributed by atoms with Crippen LogP contribution in [0.2, 0.25) is 0 Å². The fourth-order valence-corrected chi connectivity index (χ4v) is 2.61. The minimum atomic E-state index is -0.247. The van der Waals surface area contributed by atoms with Crippen LogP contribution in [0.3, 0.4) is 0 Å². The Kier molecular flexibility index (Phi) is 4.15. The summed E-state index contributed by atoms with van der Waals surface area (Å²) >= 11 is 0. The van der Waals surface area contributed by atoms with E-state index in [-0.39, 0.29) is 29.9 Å². The van der Waals surface area contributed by atoms with Crippen molar-refractivity contribution >= 4 is 5.91 Å². The molecule has 1 atom stereocenters. The van der Waals surface area contributed by atoms with Gasteiger partial charge in [0.1, 0.15) is 5.76 Å². The maximum absolute atomic E-state index is 12.5. The quantitative estimate of drug-likeness (QED) is 0.909. The second kappa shape index (κ2) is 5.54. The Morgan fingerprint density at radius 2 is 2.25 bits per heavy atom. The summed E-state index contributed by atoms with van der Waals surface area (Å²) in [5.74, 6) is 0.269. The van der Waals surface area contributed by atoms with Crippen molar-refractivity contribution in [3.8, 4) is 0 Å². The van der Waals surface area contributed by atoms with Crippen molar-refractivity contribution in [2.45, 2.75) is 51.9 Å². The molecule has 0 spiro atoms. The second-order valence-electron chi connectivity index (χ2n) is 5.89. The molecule has 1 amide bonds. The molecule has 0 aliphatic carbocycles. The molecule has 1 saturated heterocycles. The van der Waals surface area contributed by atoms with Crippen LogP contribution < -0.4 is 0 Å². The number of ether oxygens (including phenoxy) is 1. The summed E-state index contributed by atoms with van der Waals surface area (Å²) in [4.78, 5) is 14.2. The number of hydrogen-bond donors (Lipinski definition) is 1. The number of nitrogens with zero attached hydrogens (tertiary/aromatic N) is 2. The van der Waals surface area contributed by atoms with E-state index in [4.69, 9.17) is 9.26 Å². The second-order valence-corrected chi connectivity index (χ2v) is 5.89. The van der Waals surface area contributed by atoms with Crippen molar-refractivity contribution in [1.82, 2.24) is 10.1 Å². The number of carbonyl (C=O) groups is 1. The lowest BCUT2D eigenvalue weighted by atomic mass is 9.93. The first kappa shape index (κ1) is 15.0. The van der Waals surface area contributed by atoms with Gasteiger partial charge < -0.3 is 19.3 Å². The van der Waals surface area contributed by atoms with Gasteiger partial charge in [-0.05, 0) is 33.6 Å². The summed E-state index contributed by atoms with van der Waals surface area (Å²) in [6.07, 6.45) is 1.58. The van der Waals surface area contributed by atoms with E-state index < -0.39 is 0 Å². The van der Waals surface area contributed by atoms with Crippen LogP contribution >= 0.6 is 0 Å². The van der Waals surface area contributed by atoms with E-state index in [9.17, 15) is 9.90 Å². The highest BCUT2D eigenvalue weighted by Crippen LogP contribution is 2.28. The summed E-state index contributed by atoms with van der Waals surface area (Å²) in [5.41, 5.74) is 0.446. The molecule has 1 aromatic rings. The van der Waals surface area contributed by atoms with E-state index in [0.717, 1.165) is 12.8 Å². The third kappa shape index (κ3) is 2.86. The average molecular weight is 282 g/mol. The predicted molar refractivity (Wildman–Crippen MR) is 72.3 cm³/mol. The molecule has 1 aliphatic rings. The Hall–Kier alpha value is -1.40. The highest BCUT2D eigenvalue weighted by Gasteiger charge is 2.34. The van der Waals surface area contributed by atoms with Gasteiger partial charge in [-0.3, -0.25) is 4.79 Å². The van der Waals surface area contributed by atoms with Gasteiger partial charge in [0.05, 0.1) is 17.8 Å². The first-order valence-corrected chi connectivity index (χ1v) is 6.83. The van der Waals surface area contributed by atoms with Gasteiger partial charge in [-0.25, -0.2) is 0 Å². The number of hydrogen-bond acceptors (Lipinski definition) is 5. The monoisotopic (exact) mass is 282 g/mol. The Labute approximate surface area is 118 Å². The molecule has 2 rings (SSSR count). The number of carbonyl (C=O) groups excluding carboxylic acids is 1. The molecule has 0 aromatic carbocycles. The third-order valence-electron chi connectivity index (χ3n) is 3.88. The molecule has 1 unspecified atom stereocenters. The first-order chi connectivity index (χ1) is 9.35. The maximum atomic E-state index is 12.5. The standard InChI is InChI=1S/C14H22N2O4/c1-9-11(8-17)12(15-20-9)13(18)16(4)10-5-6-19-14(2,3)7-10/h10,17H,5-8H2,1-4H3. The first-order valence-electron chi connectivity index (χ1n) is 6.83. The lowest BCUT2D eigenvalue weighted by Crippen LogP contribution is -2.47.